The minimum atomic E-state index is 0. The third-order valence-electron chi connectivity index (χ3n) is 1.92. The fourth-order valence-electron chi connectivity index (χ4n) is 1.04. The summed E-state index contributed by atoms with van der Waals surface area (Å²) in [6, 6.07) is 3.81. The van der Waals surface area contributed by atoms with Crippen LogP contribution >= 0.6 is 0 Å². The summed E-state index contributed by atoms with van der Waals surface area (Å²) < 4.78 is 6.45. The van der Waals surface area contributed by atoms with Crippen molar-refractivity contribution in [3.8, 4) is 0 Å². The van der Waals surface area contributed by atoms with Crippen LogP contribution in [0.15, 0.2) is 24.5 Å². The fourth-order valence-corrected chi connectivity index (χ4v) is 1.04. The average molecular weight is 351 g/mol. The number of nitrogens with zero attached hydrogens (tertiary/aromatic N) is 2. The number of pyridine rings is 1. The van der Waals surface area contributed by atoms with Gasteiger partial charge in [0.05, 0.1) is 6.10 Å². The van der Waals surface area contributed by atoms with Crippen LogP contribution in [0.2, 0.25) is 0 Å². The fraction of sp³-hybridized carbons (Fsp3) is 0.571. The molecule has 0 spiro atoms. The zero-order valence-electron chi connectivity index (χ0n) is 13.9. The van der Waals surface area contributed by atoms with E-state index in [1.165, 1.54) is 11.0 Å². The van der Waals surface area contributed by atoms with Gasteiger partial charge in [-0.1, -0.05) is 19.9 Å². The van der Waals surface area contributed by atoms with Crippen molar-refractivity contribution in [3.63, 3.8) is 0 Å². The third kappa shape index (κ3) is 18.9. The van der Waals surface area contributed by atoms with Gasteiger partial charge in [-0.05, 0) is 31.9 Å². The summed E-state index contributed by atoms with van der Waals surface area (Å²) in [6.45, 7) is 8.40. The van der Waals surface area contributed by atoms with E-state index in [0.29, 0.717) is 13.2 Å². The first-order valence-electron chi connectivity index (χ1n) is 7.02. The van der Waals surface area contributed by atoms with E-state index in [1.54, 1.807) is 12.4 Å². The van der Waals surface area contributed by atoms with Crippen molar-refractivity contribution >= 4 is 6.34 Å². The molecule has 0 fully saturated rings. The number of hydrazine groups is 2. The van der Waals surface area contributed by atoms with Gasteiger partial charge >= 0.3 is 0 Å². The zero-order valence-corrected chi connectivity index (χ0v) is 15.3. The summed E-state index contributed by atoms with van der Waals surface area (Å²) in [6.07, 6.45) is 5.78. The Morgan fingerprint density at radius 1 is 1.45 bits per heavy atom. The van der Waals surface area contributed by atoms with Crippen molar-refractivity contribution in [2.75, 3.05) is 13.3 Å². The van der Waals surface area contributed by atoms with Crippen LogP contribution in [0.3, 0.4) is 0 Å². The molecule has 0 bridgehead atoms. The maximum atomic E-state index is 8.49. The topological polar surface area (TPSA) is 109 Å². The number of aromatic nitrogens is 1. The maximum absolute atomic E-state index is 8.49. The van der Waals surface area contributed by atoms with E-state index in [4.69, 9.17) is 21.5 Å². The van der Waals surface area contributed by atoms with E-state index >= 15 is 0 Å². The molecule has 1 radical (unpaired) electrons. The number of ether oxygens (including phenoxy) is 1. The Hall–Kier alpha value is -1.12. The molecule has 0 aliphatic carbocycles. The molecule has 0 amide bonds. The summed E-state index contributed by atoms with van der Waals surface area (Å²) in [5.41, 5.74) is 3.37. The van der Waals surface area contributed by atoms with Gasteiger partial charge in [0.1, 0.15) is 0 Å². The van der Waals surface area contributed by atoms with Crippen molar-refractivity contribution in [2.45, 2.75) is 40.2 Å². The Morgan fingerprint density at radius 3 is 2.50 bits per heavy atom. The van der Waals surface area contributed by atoms with Gasteiger partial charge in [-0.2, -0.15) is 5.84 Å². The normalized spacial score (nSPS) is 9.68. The molecule has 1 aromatic rings. The van der Waals surface area contributed by atoms with Gasteiger partial charge in [-0.15, -0.1) is 4.68 Å². The molecule has 1 aromatic heterocycles. The molecule has 0 saturated heterocycles. The van der Waals surface area contributed by atoms with Gasteiger partial charge in [-0.3, -0.25) is 10.8 Å². The van der Waals surface area contributed by atoms with E-state index < -0.39 is 0 Å². The van der Waals surface area contributed by atoms with Crippen LogP contribution in [-0.2, 0) is 29.7 Å². The van der Waals surface area contributed by atoms with Gasteiger partial charge in [0.25, 0.3) is 6.34 Å². The van der Waals surface area contributed by atoms with Crippen molar-refractivity contribution < 1.29 is 33.1 Å². The molecule has 22 heavy (non-hydrogen) atoms. The number of nitrogens with one attached hydrogen (secondary N) is 1. The van der Waals surface area contributed by atoms with Crippen molar-refractivity contribution in [3.05, 3.63) is 30.1 Å². The maximum Gasteiger partial charge on any atom is 0.275 e. The van der Waals surface area contributed by atoms with E-state index in [9.17, 15) is 0 Å². The first-order chi connectivity index (χ1) is 10.1. The largest absolute Gasteiger partial charge is 0.396 e. The van der Waals surface area contributed by atoms with Crippen molar-refractivity contribution in [1.29, 1.82) is 0 Å². The predicted molar refractivity (Wildman–Crippen MR) is 85.3 cm³/mol. The molecular formula is C14H30N5O2V+. The summed E-state index contributed by atoms with van der Waals surface area (Å²) in [4.78, 5) is 3.89. The van der Waals surface area contributed by atoms with Gasteiger partial charge in [0.2, 0.25) is 6.73 Å². The Balaban J connectivity index is -0.000000284. The molecule has 0 unspecified atom stereocenters. The van der Waals surface area contributed by atoms with E-state index in [-0.39, 0.29) is 31.3 Å². The second kappa shape index (κ2) is 19.9. The SMILES string of the molecule is CC.CC(C)OC/[N+](N)=C/NN.OCCc1cccnc1.[V]. The van der Waals surface area contributed by atoms with Gasteiger partial charge in [0.15, 0.2) is 0 Å². The molecule has 8 heteroatoms. The number of rotatable bonds is 6. The van der Waals surface area contributed by atoms with Crippen LogP contribution < -0.4 is 17.1 Å². The third-order valence-corrected chi connectivity index (χ3v) is 1.92. The van der Waals surface area contributed by atoms with Crippen LogP contribution in [0.5, 0.6) is 0 Å². The van der Waals surface area contributed by atoms with E-state index in [0.717, 1.165) is 5.56 Å². The molecule has 7 nitrogen and oxygen atoms in total. The predicted octanol–water partition coefficient (Wildman–Crippen LogP) is 0.387. The second-order valence-corrected chi connectivity index (χ2v) is 3.99. The number of nitrogens with two attached hydrogens (primary N) is 2. The average Bonchev–Trinajstić information content (AvgIpc) is 2.50. The van der Waals surface area contributed by atoms with E-state index in [2.05, 4.69) is 10.4 Å². The smallest absolute Gasteiger partial charge is 0.275 e. The van der Waals surface area contributed by atoms with Crippen molar-refractivity contribution in [1.82, 2.24) is 10.4 Å². The zero-order chi connectivity index (χ0) is 16.5. The summed E-state index contributed by atoms with van der Waals surface area (Å²) in [5, 5.41) is 8.49. The quantitative estimate of drug-likeness (QED) is 0.147. The van der Waals surface area contributed by atoms with Crippen LogP contribution in [0.25, 0.3) is 0 Å². The second-order valence-electron chi connectivity index (χ2n) is 3.99. The van der Waals surface area contributed by atoms with Gasteiger partial charge in [0, 0.05) is 37.6 Å². The number of hydrogen-bond donors (Lipinski definition) is 4. The molecule has 6 N–H and O–H groups in total. The number of hydrazone groups is 1. The minimum Gasteiger partial charge on any atom is -0.396 e. The van der Waals surface area contributed by atoms with Crippen LogP contribution in [-0.4, -0.2) is 40.6 Å². The standard InChI is InChI=1S/C7H9NO.C5H14N4O.C2H6.V/c9-5-3-7-2-1-4-8-6-7;1-5(2)10-4-9(7)3-8-6;1-2;/h1-2,4,6,9H,3,5H2;3,5H,4,6-7H2,1-2H3;1-2H3;/p+1. The Labute approximate surface area is 145 Å². The minimum absolute atomic E-state index is 0. The summed E-state index contributed by atoms with van der Waals surface area (Å²) in [7, 11) is 0. The first-order valence-corrected chi connectivity index (χ1v) is 7.02. The summed E-state index contributed by atoms with van der Waals surface area (Å²) in [5.74, 6) is 10.3. The van der Waals surface area contributed by atoms with Crippen LogP contribution in [0, 0.1) is 0 Å². The number of hydrogen-bond acceptors (Lipinski definition) is 5. The molecule has 0 aromatic carbocycles. The molecule has 127 valence electrons. The molecular weight excluding hydrogens is 321 g/mol. The molecule has 1 rings (SSSR count). The number of aliphatic hydroxyl groups is 1. The Bertz CT molecular complexity index is 350. The Kier molecular flexibility index (Phi) is 23.3. The van der Waals surface area contributed by atoms with Gasteiger partial charge in [-0.25, -0.2) is 5.43 Å². The molecule has 0 aliphatic heterocycles. The van der Waals surface area contributed by atoms with Crippen LogP contribution in [0.4, 0.5) is 0 Å². The number of aliphatic hydroxyl groups excluding tert-OH is 1. The van der Waals surface area contributed by atoms with Crippen LogP contribution in [0.1, 0.15) is 33.3 Å². The van der Waals surface area contributed by atoms with E-state index in [1.807, 2.05) is 39.8 Å². The Morgan fingerprint density at radius 2 is 2.09 bits per heavy atom. The molecule has 0 aliphatic rings. The van der Waals surface area contributed by atoms with Crippen molar-refractivity contribution in [2.24, 2.45) is 11.7 Å². The first kappa shape index (κ1) is 25.8. The van der Waals surface area contributed by atoms with Gasteiger partial charge < -0.3 is 9.84 Å². The monoisotopic (exact) mass is 351 g/mol. The molecule has 0 atom stereocenters. The molecule has 0 saturated carbocycles. The summed E-state index contributed by atoms with van der Waals surface area (Å²) >= 11 is 0. The molecule has 1 heterocycles.